The summed E-state index contributed by atoms with van der Waals surface area (Å²) in [5.41, 5.74) is 7.28. The van der Waals surface area contributed by atoms with Gasteiger partial charge in [0.2, 0.25) is 0 Å². The fraction of sp³-hybridized carbons (Fsp3) is 0.273. The number of benzene rings is 1. The Labute approximate surface area is 182 Å². The highest BCUT2D eigenvalue weighted by Gasteiger charge is 2.28. The van der Waals surface area contributed by atoms with E-state index in [1.165, 1.54) is 11.3 Å². The Hall–Kier alpha value is -3.46. The van der Waals surface area contributed by atoms with Crippen molar-refractivity contribution in [3.63, 3.8) is 0 Å². The Bertz CT molecular complexity index is 1260. The molecule has 3 aromatic rings. The van der Waals surface area contributed by atoms with Crippen LogP contribution in [0.2, 0.25) is 0 Å². The van der Waals surface area contributed by atoms with Crippen LogP contribution in [0.25, 0.3) is 5.69 Å². The van der Waals surface area contributed by atoms with Gasteiger partial charge in [-0.15, -0.1) is 11.3 Å². The van der Waals surface area contributed by atoms with Crippen molar-refractivity contribution < 1.29 is 14.7 Å². The van der Waals surface area contributed by atoms with Crippen LogP contribution in [-0.2, 0) is 12.8 Å². The molecule has 0 saturated heterocycles. The summed E-state index contributed by atoms with van der Waals surface area (Å²) < 4.78 is 1.05. The molecule has 2 heterocycles. The van der Waals surface area contributed by atoms with E-state index in [0.29, 0.717) is 22.2 Å². The number of aromatic hydroxyl groups is 1. The Kier molecular flexibility index (Phi) is 5.36. The average molecular weight is 439 g/mol. The predicted octanol–water partition coefficient (Wildman–Crippen LogP) is 2.78. The van der Waals surface area contributed by atoms with Gasteiger partial charge in [0.05, 0.1) is 11.3 Å². The van der Waals surface area contributed by atoms with E-state index in [0.717, 1.165) is 46.0 Å². The van der Waals surface area contributed by atoms with Crippen molar-refractivity contribution in [3.8, 4) is 11.4 Å². The first-order chi connectivity index (χ1) is 14.7. The van der Waals surface area contributed by atoms with Gasteiger partial charge in [-0.1, -0.05) is 19.1 Å². The molecule has 0 spiro atoms. The lowest BCUT2D eigenvalue weighted by Gasteiger charge is -2.18. The SMILES string of the molecule is Cc1cccc(-n2nc(C(=O)Nc3sc4c(c3C(N)=O)CCC(C)C4)c(O)cc2=O)c1. The number of thiophene rings is 1. The van der Waals surface area contributed by atoms with Crippen LogP contribution in [0.15, 0.2) is 35.1 Å². The van der Waals surface area contributed by atoms with Crippen molar-refractivity contribution in [2.75, 3.05) is 5.32 Å². The second kappa shape index (κ2) is 7.99. The molecule has 160 valence electrons. The van der Waals surface area contributed by atoms with E-state index in [1.54, 1.807) is 18.2 Å². The molecule has 2 aromatic heterocycles. The molecule has 9 heteroatoms. The second-order valence-corrected chi connectivity index (χ2v) is 8.95. The number of primary amides is 1. The smallest absolute Gasteiger partial charge is 0.280 e. The highest BCUT2D eigenvalue weighted by atomic mass is 32.1. The van der Waals surface area contributed by atoms with Crippen LogP contribution in [0.1, 0.15) is 50.2 Å². The lowest BCUT2D eigenvalue weighted by Crippen LogP contribution is -2.25. The molecule has 4 rings (SSSR count). The summed E-state index contributed by atoms with van der Waals surface area (Å²) in [6.07, 6.45) is 2.49. The molecule has 2 amide bonds. The molecule has 8 nitrogen and oxygen atoms in total. The van der Waals surface area contributed by atoms with Crippen LogP contribution in [0.5, 0.6) is 5.75 Å². The molecule has 0 saturated carbocycles. The fourth-order valence-electron chi connectivity index (χ4n) is 3.82. The first kappa shape index (κ1) is 20.8. The van der Waals surface area contributed by atoms with E-state index in [2.05, 4.69) is 17.3 Å². The van der Waals surface area contributed by atoms with Crippen molar-refractivity contribution >= 4 is 28.2 Å². The zero-order valence-electron chi connectivity index (χ0n) is 17.1. The van der Waals surface area contributed by atoms with Gasteiger partial charge in [0, 0.05) is 10.9 Å². The number of carbonyl (C=O) groups is 2. The van der Waals surface area contributed by atoms with Gasteiger partial charge in [-0.2, -0.15) is 9.78 Å². The Morgan fingerprint density at radius 1 is 1.32 bits per heavy atom. The Morgan fingerprint density at radius 2 is 2.10 bits per heavy atom. The predicted molar refractivity (Wildman–Crippen MR) is 118 cm³/mol. The molecular weight excluding hydrogens is 416 g/mol. The van der Waals surface area contributed by atoms with E-state index in [-0.39, 0.29) is 5.69 Å². The van der Waals surface area contributed by atoms with E-state index >= 15 is 0 Å². The zero-order valence-corrected chi connectivity index (χ0v) is 18.0. The molecule has 0 bridgehead atoms. The number of aromatic nitrogens is 2. The lowest BCUT2D eigenvalue weighted by molar-refractivity contribution is 0.1000. The van der Waals surface area contributed by atoms with Crippen molar-refractivity contribution in [1.29, 1.82) is 0 Å². The van der Waals surface area contributed by atoms with Crippen molar-refractivity contribution in [2.45, 2.75) is 33.1 Å². The van der Waals surface area contributed by atoms with Gasteiger partial charge in [0.1, 0.15) is 5.00 Å². The van der Waals surface area contributed by atoms with Crippen LogP contribution in [0.3, 0.4) is 0 Å². The minimum absolute atomic E-state index is 0.312. The number of hydrogen-bond donors (Lipinski definition) is 3. The molecule has 0 aliphatic heterocycles. The molecular formula is C22H22N4O4S. The minimum Gasteiger partial charge on any atom is -0.505 e. The molecule has 0 radical (unpaired) electrons. The van der Waals surface area contributed by atoms with Crippen molar-refractivity contribution in [1.82, 2.24) is 9.78 Å². The summed E-state index contributed by atoms with van der Waals surface area (Å²) in [5, 5.41) is 17.3. The molecule has 0 fully saturated rings. The highest BCUT2D eigenvalue weighted by molar-refractivity contribution is 7.17. The van der Waals surface area contributed by atoms with Crippen LogP contribution < -0.4 is 16.6 Å². The topological polar surface area (TPSA) is 127 Å². The van der Waals surface area contributed by atoms with Crippen molar-refractivity contribution in [3.05, 3.63) is 67.9 Å². The molecule has 1 unspecified atom stereocenters. The van der Waals surface area contributed by atoms with E-state index < -0.39 is 23.1 Å². The first-order valence-electron chi connectivity index (χ1n) is 9.90. The number of amides is 2. The number of carbonyl (C=O) groups excluding carboxylic acids is 2. The fourth-order valence-corrected chi connectivity index (χ4v) is 5.23. The molecule has 4 N–H and O–H groups in total. The van der Waals surface area contributed by atoms with Gasteiger partial charge in [-0.05, 0) is 55.4 Å². The normalized spacial score (nSPS) is 15.4. The van der Waals surface area contributed by atoms with Crippen molar-refractivity contribution in [2.24, 2.45) is 11.7 Å². The van der Waals surface area contributed by atoms with E-state index in [9.17, 15) is 19.5 Å². The van der Waals surface area contributed by atoms with Gasteiger partial charge in [0.25, 0.3) is 17.4 Å². The van der Waals surface area contributed by atoms with Crippen LogP contribution >= 0.6 is 11.3 Å². The van der Waals surface area contributed by atoms with Crippen LogP contribution in [0, 0.1) is 12.8 Å². The maximum atomic E-state index is 13.0. The summed E-state index contributed by atoms with van der Waals surface area (Å²) in [4.78, 5) is 38.4. The molecule has 1 aromatic carbocycles. The monoisotopic (exact) mass is 438 g/mol. The number of rotatable bonds is 4. The maximum Gasteiger partial charge on any atom is 0.280 e. The second-order valence-electron chi connectivity index (χ2n) is 7.84. The highest BCUT2D eigenvalue weighted by Crippen LogP contribution is 2.39. The van der Waals surface area contributed by atoms with Gasteiger partial charge in [0.15, 0.2) is 11.4 Å². The number of fused-ring (bicyclic) bond motifs is 1. The zero-order chi connectivity index (χ0) is 22.3. The Morgan fingerprint density at radius 3 is 2.81 bits per heavy atom. The summed E-state index contributed by atoms with van der Waals surface area (Å²) in [5.74, 6) is -1.39. The van der Waals surface area contributed by atoms with Gasteiger partial charge in [-0.3, -0.25) is 14.4 Å². The number of nitrogens with two attached hydrogens (primary N) is 1. The summed E-state index contributed by atoms with van der Waals surface area (Å²) in [6, 6.07) is 8.00. The van der Waals surface area contributed by atoms with Gasteiger partial charge < -0.3 is 16.2 Å². The number of hydrogen-bond acceptors (Lipinski definition) is 6. The number of aryl methyl sites for hydroxylation is 1. The van der Waals surface area contributed by atoms with Crippen LogP contribution in [0.4, 0.5) is 5.00 Å². The van der Waals surface area contributed by atoms with E-state index in [4.69, 9.17) is 5.73 Å². The summed E-state index contributed by atoms with van der Waals surface area (Å²) >= 11 is 1.32. The molecule has 1 atom stereocenters. The minimum atomic E-state index is -0.729. The first-order valence-corrected chi connectivity index (χ1v) is 10.7. The molecule has 1 aliphatic carbocycles. The quantitative estimate of drug-likeness (QED) is 0.577. The third-order valence-corrected chi connectivity index (χ3v) is 6.53. The largest absolute Gasteiger partial charge is 0.505 e. The third kappa shape index (κ3) is 3.96. The van der Waals surface area contributed by atoms with Gasteiger partial charge in [-0.25, -0.2) is 0 Å². The molecule has 1 aliphatic rings. The summed E-state index contributed by atoms with van der Waals surface area (Å²) in [7, 11) is 0. The summed E-state index contributed by atoms with van der Waals surface area (Å²) in [6.45, 7) is 4.01. The standard InChI is InChI=1S/C22H22N4O4S/c1-11-4-3-5-13(8-11)26-17(28)10-15(27)19(25-26)21(30)24-22-18(20(23)29)14-7-6-12(2)9-16(14)31-22/h3-5,8,10,12,27H,6-7,9H2,1-2H3,(H2,23,29)(H,24,30). The Balaban J connectivity index is 1.72. The lowest BCUT2D eigenvalue weighted by atomic mass is 9.88. The maximum absolute atomic E-state index is 13.0. The number of anilines is 1. The van der Waals surface area contributed by atoms with Crippen LogP contribution in [-0.4, -0.2) is 26.7 Å². The van der Waals surface area contributed by atoms with E-state index in [1.807, 2.05) is 13.0 Å². The third-order valence-electron chi connectivity index (χ3n) is 5.36. The molecule has 31 heavy (non-hydrogen) atoms. The van der Waals surface area contributed by atoms with Gasteiger partial charge >= 0.3 is 0 Å². The average Bonchev–Trinajstić information content (AvgIpc) is 3.04. The number of nitrogens with zero attached hydrogens (tertiary/aromatic N) is 2. The number of nitrogens with one attached hydrogen (secondary N) is 1.